The van der Waals surface area contributed by atoms with Gasteiger partial charge in [0.1, 0.15) is 0 Å². The number of carbonyl (C=O) groups excluding carboxylic acids is 1. The number of fused-ring (bicyclic) bond motifs is 1. The molecule has 3 rings (SSSR count). The van der Waals surface area contributed by atoms with Crippen molar-refractivity contribution in [3.05, 3.63) is 34.3 Å². The lowest BCUT2D eigenvalue weighted by atomic mass is 9.84. The molecule has 3 nitrogen and oxygen atoms in total. The van der Waals surface area contributed by atoms with Crippen LogP contribution >= 0.6 is 15.9 Å². The summed E-state index contributed by atoms with van der Waals surface area (Å²) in [6.45, 7) is 3.01. The van der Waals surface area contributed by atoms with E-state index in [0.717, 1.165) is 4.47 Å². The van der Waals surface area contributed by atoms with Crippen LogP contribution in [0.3, 0.4) is 0 Å². The molecule has 1 aromatic rings. The number of esters is 1. The second-order valence-electron chi connectivity index (χ2n) is 6.11. The molecule has 1 aromatic carbocycles. The Labute approximate surface area is 134 Å². The van der Waals surface area contributed by atoms with Gasteiger partial charge < -0.3 is 4.74 Å². The van der Waals surface area contributed by atoms with Crippen LogP contribution in [0, 0.1) is 5.92 Å². The molecule has 0 spiro atoms. The Morgan fingerprint density at radius 1 is 1.24 bits per heavy atom. The predicted molar refractivity (Wildman–Crippen MR) is 86.4 cm³/mol. The molecular weight excluding hydrogens is 330 g/mol. The summed E-state index contributed by atoms with van der Waals surface area (Å²) >= 11 is 3.39. The van der Waals surface area contributed by atoms with Crippen molar-refractivity contribution in [2.45, 2.75) is 38.1 Å². The summed E-state index contributed by atoms with van der Waals surface area (Å²) < 4.78 is 6.50. The van der Waals surface area contributed by atoms with E-state index in [2.05, 4.69) is 20.8 Å². The highest BCUT2D eigenvalue weighted by atomic mass is 79.9. The maximum atomic E-state index is 12.1. The summed E-state index contributed by atoms with van der Waals surface area (Å²) in [5, 5.41) is 0. The zero-order valence-corrected chi connectivity index (χ0v) is 13.8. The van der Waals surface area contributed by atoms with E-state index in [1.165, 1.54) is 45.2 Å². The molecule has 0 aromatic heterocycles. The normalized spacial score (nSPS) is 26.1. The van der Waals surface area contributed by atoms with E-state index < -0.39 is 0 Å². The molecule has 114 valence electrons. The molecule has 2 fully saturated rings. The second kappa shape index (κ2) is 6.93. The lowest BCUT2D eigenvalue weighted by Crippen LogP contribution is -2.49. The zero-order valence-electron chi connectivity index (χ0n) is 12.3. The predicted octanol–water partition coefficient (Wildman–Crippen LogP) is 3.87. The van der Waals surface area contributed by atoms with E-state index in [1.807, 2.05) is 18.2 Å². The number of rotatable bonds is 3. The van der Waals surface area contributed by atoms with Gasteiger partial charge in [0, 0.05) is 16.4 Å². The second-order valence-corrected chi connectivity index (χ2v) is 7.03. The minimum absolute atomic E-state index is 0.204. The van der Waals surface area contributed by atoms with Crippen molar-refractivity contribution in [1.82, 2.24) is 4.90 Å². The van der Waals surface area contributed by atoms with Gasteiger partial charge in [0.25, 0.3) is 0 Å². The summed E-state index contributed by atoms with van der Waals surface area (Å²) in [5.74, 6) is 0.305. The first-order chi connectivity index (χ1) is 10.2. The smallest absolute Gasteiger partial charge is 0.338 e. The molecular formula is C17H22BrNO2. The van der Waals surface area contributed by atoms with E-state index in [9.17, 15) is 4.79 Å². The van der Waals surface area contributed by atoms with Crippen LogP contribution in [-0.2, 0) is 4.74 Å². The first kappa shape index (κ1) is 15.0. The minimum Gasteiger partial charge on any atom is -0.462 e. The number of halogens is 1. The first-order valence-electron chi connectivity index (χ1n) is 7.91. The van der Waals surface area contributed by atoms with E-state index in [1.54, 1.807) is 6.07 Å². The summed E-state index contributed by atoms with van der Waals surface area (Å²) in [7, 11) is 0. The van der Waals surface area contributed by atoms with Gasteiger partial charge in [0.05, 0.1) is 12.2 Å². The molecule has 2 saturated heterocycles. The number of hydrogen-bond donors (Lipinski definition) is 0. The molecule has 2 aliphatic heterocycles. The Morgan fingerprint density at radius 3 is 2.95 bits per heavy atom. The summed E-state index contributed by atoms with van der Waals surface area (Å²) in [6.07, 6.45) is 6.32. The number of ether oxygens (including phenoxy) is 1. The van der Waals surface area contributed by atoms with Crippen LogP contribution in [0.4, 0.5) is 0 Å². The minimum atomic E-state index is -0.204. The van der Waals surface area contributed by atoms with Crippen LogP contribution in [-0.4, -0.2) is 36.6 Å². The van der Waals surface area contributed by atoms with Crippen molar-refractivity contribution < 1.29 is 9.53 Å². The van der Waals surface area contributed by atoms with Gasteiger partial charge in [0.2, 0.25) is 0 Å². The lowest BCUT2D eigenvalue weighted by Gasteiger charge is -2.44. The van der Waals surface area contributed by atoms with Gasteiger partial charge in [-0.3, -0.25) is 4.90 Å². The standard InChI is InChI=1S/C17H22BrNO2/c18-15-7-3-5-13(11-15)17(20)21-12-14-6-4-10-19-9-2-1-8-16(14)19/h3,5,7,11,14,16H,1-2,4,6,8-10,12H2/t14-,16+/m0/s1. The van der Waals surface area contributed by atoms with Crippen LogP contribution in [0.2, 0.25) is 0 Å². The van der Waals surface area contributed by atoms with Crippen molar-refractivity contribution in [1.29, 1.82) is 0 Å². The Bertz CT molecular complexity index is 503. The van der Waals surface area contributed by atoms with Crippen LogP contribution in [0.25, 0.3) is 0 Å². The van der Waals surface area contributed by atoms with Crippen molar-refractivity contribution in [3.63, 3.8) is 0 Å². The van der Waals surface area contributed by atoms with E-state index in [0.29, 0.717) is 24.1 Å². The number of carbonyl (C=O) groups is 1. The lowest BCUT2D eigenvalue weighted by molar-refractivity contribution is 0.00738. The maximum Gasteiger partial charge on any atom is 0.338 e. The monoisotopic (exact) mass is 351 g/mol. The van der Waals surface area contributed by atoms with E-state index >= 15 is 0 Å². The zero-order chi connectivity index (χ0) is 14.7. The van der Waals surface area contributed by atoms with Gasteiger partial charge in [-0.2, -0.15) is 0 Å². The fraction of sp³-hybridized carbons (Fsp3) is 0.588. The van der Waals surface area contributed by atoms with Gasteiger partial charge in [0.15, 0.2) is 0 Å². The molecule has 0 radical (unpaired) electrons. The topological polar surface area (TPSA) is 29.5 Å². The molecule has 4 heteroatoms. The molecule has 0 unspecified atom stereocenters. The van der Waals surface area contributed by atoms with Crippen LogP contribution in [0.5, 0.6) is 0 Å². The van der Waals surface area contributed by atoms with Crippen LogP contribution < -0.4 is 0 Å². The molecule has 2 heterocycles. The molecule has 0 aliphatic carbocycles. The van der Waals surface area contributed by atoms with E-state index in [4.69, 9.17) is 4.74 Å². The van der Waals surface area contributed by atoms with Crippen molar-refractivity contribution in [2.24, 2.45) is 5.92 Å². The first-order valence-corrected chi connectivity index (χ1v) is 8.70. The summed E-state index contributed by atoms with van der Waals surface area (Å²) in [4.78, 5) is 14.7. The average Bonchev–Trinajstić information content (AvgIpc) is 2.52. The molecule has 2 aliphatic rings. The fourth-order valence-electron chi connectivity index (χ4n) is 3.65. The highest BCUT2D eigenvalue weighted by Gasteiger charge is 2.33. The SMILES string of the molecule is O=C(OC[C@@H]1CCCN2CCCC[C@H]12)c1cccc(Br)c1. The fourth-order valence-corrected chi connectivity index (χ4v) is 4.05. The number of piperidine rings is 2. The van der Waals surface area contributed by atoms with Crippen LogP contribution in [0.15, 0.2) is 28.7 Å². The van der Waals surface area contributed by atoms with Crippen molar-refractivity contribution in [3.8, 4) is 0 Å². The highest BCUT2D eigenvalue weighted by Crippen LogP contribution is 2.31. The maximum absolute atomic E-state index is 12.1. The quantitative estimate of drug-likeness (QED) is 0.774. The largest absolute Gasteiger partial charge is 0.462 e. The Hall–Kier alpha value is -0.870. The number of benzene rings is 1. The number of nitrogens with zero attached hydrogens (tertiary/aromatic N) is 1. The Morgan fingerprint density at radius 2 is 2.10 bits per heavy atom. The molecule has 0 saturated carbocycles. The van der Waals surface area contributed by atoms with Gasteiger partial charge >= 0.3 is 5.97 Å². The molecule has 21 heavy (non-hydrogen) atoms. The van der Waals surface area contributed by atoms with E-state index in [-0.39, 0.29) is 5.97 Å². The average molecular weight is 352 g/mol. The third-order valence-electron chi connectivity index (χ3n) is 4.72. The molecule has 0 amide bonds. The van der Waals surface area contributed by atoms with Gasteiger partial charge in [-0.15, -0.1) is 0 Å². The summed E-state index contributed by atoms with van der Waals surface area (Å²) in [5.41, 5.74) is 0.626. The third kappa shape index (κ3) is 3.67. The Kier molecular flexibility index (Phi) is 4.96. The van der Waals surface area contributed by atoms with Gasteiger partial charge in [-0.1, -0.05) is 28.4 Å². The third-order valence-corrected chi connectivity index (χ3v) is 5.21. The summed E-state index contributed by atoms with van der Waals surface area (Å²) in [6, 6.07) is 8.03. The van der Waals surface area contributed by atoms with Crippen molar-refractivity contribution in [2.75, 3.05) is 19.7 Å². The van der Waals surface area contributed by atoms with Crippen molar-refractivity contribution >= 4 is 21.9 Å². The van der Waals surface area contributed by atoms with Crippen LogP contribution in [0.1, 0.15) is 42.5 Å². The Balaban J connectivity index is 1.57. The molecule has 2 atom stereocenters. The molecule has 0 bridgehead atoms. The number of hydrogen-bond acceptors (Lipinski definition) is 3. The van der Waals surface area contributed by atoms with Gasteiger partial charge in [-0.25, -0.2) is 4.79 Å². The molecule has 0 N–H and O–H groups in total. The highest BCUT2D eigenvalue weighted by molar-refractivity contribution is 9.10. The van der Waals surface area contributed by atoms with Gasteiger partial charge in [-0.05, 0) is 57.0 Å².